The molecule has 4 nitrogen and oxygen atoms in total. The Morgan fingerprint density at radius 2 is 2.11 bits per heavy atom. The second kappa shape index (κ2) is 4.23. The summed E-state index contributed by atoms with van der Waals surface area (Å²) < 4.78 is 0. The zero-order valence-electron chi connectivity index (χ0n) is 10.1. The second-order valence-electron chi connectivity index (χ2n) is 4.39. The van der Waals surface area contributed by atoms with E-state index >= 15 is 0 Å². The maximum absolute atomic E-state index is 5.63. The minimum Gasteiger partial charge on any atom is -0.338 e. The highest BCUT2D eigenvalue weighted by Crippen LogP contribution is 2.21. The number of nitrogens with two attached hydrogens (primary N) is 1. The van der Waals surface area contributed by atoms with Gasteiger partial charge in [0.1, 0.15) is 5.82 Å². The van der Waals surface area contributed by atoms with Crippen LogP contribution in [0.25, 0.3) is 22.4 Å². The number of pyridine rings is 1. The Bertz CT molecular complexity index is 700. The summed E-state index contributed by atoms with van der Waals surface area (Å²) in [4.78, 5) is 12.1. The Kier molecular flexibility index (Phi) is 2.57. The van der Waals surface area contributed by atoms with Crippen LogP contribution in [0.4, 0.5) is 0 Å². The molecular formula is C14H14N4. The van der Waals surface area contributed by atoms with E-state index in [0.717, 1.165) is 33.5 Å². The average Bonchev–Trinajstić information content (AvgIpc) is 2.81. The molecule has 2 heterocycles. The first-order valence-electron chi connectivity index (χ1n) is 5.87. The van der Waals surface area contributed by atoms with Gasteiger partial charge in [-0.2, -0.15) is 0 Å². The van der Waals surface area contributed by atoms with Crippen LogP contribution < -0.4 is 5.73 Å². The molecule has 0 bridgehead atoms. The van der Waals surface area contributed by atoms with Crippen molar-refractivity contribution in [2.24, 2.45) is 5.73 Å². The average molecular weight is 238 g/mol. The molecule has 0 saturated heterocycles. The van der Waals surface area contributed by atoms with E-state index in [1.54, 1.807) is 0 Å². The minimum absolute atomic E-state index is 0.538. The molecule has 0 aliphatic carbocycles. The third kappa shape index (κ3) is 1.87. The van der Waals surface area contributed by atoms with Gasteiger partial charge in [-0.3, -0.25) is 4.98 Å². The summed E-state index contributed by atoms with van der Waals surface area (Å²) >= 11 is 0. The van der Waals surface area contributed by atoms with E-state index in [4.69, 9.17) is 5.73 Å². The molecule has 3 N–H and O–H groups in total. The van der Waals surface area contributed by atoms with Crippen molar-refractivity contribution in [3.63, 3.8) is 0 Å². The first kappa shape index (κ1) is 10.9. The Balaban J connectivity index is 2.13. The molecule has 90 valence electrons. The Morgan fingerprint density at radius 1 is 1.22 bits per heavy atom. The molecule has 18 heavy (non-hydrogen) atoms. The van der Waals surface area contributed by atoms with Crippen LogP contribution in [0.5, 0.6) is 0 Å². The summed E-state index contributed by atoms with van der Waals surface area (Å²) in [5, 5.41) is 0. The maximum atomic E-state index is 5.63. The monoisotopic (exact) mass is 238 g/mol. The van der Waals surface area contributed by atoms with Crippen LogP contribution in [0.3, 0.4) is 0 Å². The van der Waals surface area contributed by atoms with E-state index < -0.39 is 0 Å². The van der Waals surface area contributed by atoms with Gasteiger partial charge in [0, 0.05) is 24.5 Å². The number of imidazole rings is 1. The van der Waals surface area contributed by atoms with Gasteiger partial charge in [-0.1, -0.05) is 6.07 Å². The van der Waals surface area contributed by atoms with Crippen molar-refractivity contribution in [2.45, 2.75) is 13.5 Å². The van der Waals surface area contributed by atoms with Crippen molar-refractivity contribution in [3.8, 4) is 11.4 Å². The highest BCUT2D eigenvalue weighted by Gasteiger charge is 2.06. The van der Waals surface area contributed by atoms with Crippen molar-refractivity contribution >= 4 is 11.0 Å². The molecular weight excluding hydrogens is 224 g/mol. The van der Waals surface area contributed by atoms with Gasteiger partial charge < -0.3 is 10.7 Å². The molecule has 2 aromatic heterocycles. The van der Waals surface area contributed by atoms with Crippen LogP contribution in [-0.4, -0.2) is 15.0 Å². The van der Waals surface area contributed by atoms with E-state index in [1.165, 1.54) is 0 Å². The van der Waals surface area contributed by atoms with Crippen molar-refractivity contribution < 1.29 is 0 Å². The predicted molar refractivity (Wildman–Crippen MR) is 72.0 cm³/mol. The number of nitrogens with one attached hydrogen (secondary N) is 1. The normalized spacial score (nSPS) is 11.0. The minimum atomic E-state index is 0.538. The molecule has 4 heteroatoms. The number of aromatic amines is 1. The van der Waals surface area contributed by atoms with Gasteiger partial charge in [0.25, 0.3) is 0 Å². The fourth-order valence-electron chi connectivity index (χ4n) is 2.00. The highest BCUT2D eigenvalue weighted by atomic mass is 14.9. The zero-order valence-corrected chi connectivity index (χ0v) is 10.1. The van der Waals surface area contributed by atoms with Crippen LogP contribution in [-0.2, 0) is 6.54 Å². The number of hydrogen-bond donors (Lipinski definition) is 2. The molecule has 3 aromatic rings. The number of fused-ring (bicyclic) bond motifs is 1. The lowest BCUT2D eigenvalue weighted by Gasteiger charge is -1.96. The Morgan fingerprint density at radius 3 is 2.89 bits per heavy atom. The zero-order chi connectivity index (χ0) is 12.5. The molecule has 0 atom stereocenters. The summed E-state index contributed by atoms with van der Waals surface area (Å²) in [6.45, 7) is 2.56. The number of aromatic nitrogens is 3. The van der Waals surface area contributed by atoms with Gasteiger partial charge in [0.05, 0.1) is 11.0 Å². The first-order valence-corrected chi connectivity index (χ1v) is 5.87. The molecule has 0 saturated carbocycles. The predicted octanol–water partition coefficient (Wildman–Crippen LogP) is 2.39. The number of benzene rings is 1. The Hall–Kier alpha value is -2.20. The largest absolute Gasteiger partial charge is 0.338 e. The molecule has 0 aliphatic heterocycles. The smallest absolute Gasteiger partial charge is 0.140 e. The van der Waals surface area contributed by atoms with Crippen LogP contribution in [0.15, 0.2) is 36.7 Å². The van der Waals surface area contributed by atoms with Crippen LogP contribution in [0.2, 0.25) is 0 Å². The highest BCUT2D eigenvalue weighted by molar-refractivity contribution is 5.79. The van der Waals surface area contributed by atoms with Gasteiger partial charge in [0.2, 0.25) is 0 Å². The van der Waals surface area contributed by atoms with Crippen molar-refractivity contribution in [1.29, 1.82) is 0 Å². The summed E-state index contributed by atoms with van der Waals surface area (Å²) in [5.41, 5.74) is 10.8. The van der Waals surface area contributed by atoms with E-state index in [2.05, 4.69) is 21.0 Å². The topological polar surface area (TPSA) is 67.6 Å². The molecule has 0 spiro atoms. The van der Waals surface area contributed by atoms with Crippen LogP contribution in [0.1, 0.15) is 11.1 Å². The summed E-state index contributed by atoms with van der Waals surface area (Å²) in [5.74, 6) is 0.843. The SMILES string of the molecule is Cc1cncc(-c2nc3ccc(CN)cc3[nH]2)c1. The first-order chi connectivity index (χ1) is 8.76. The number of hydrogen-bond acceptors (Lipinski definition) is 3. The third-order valence-corrected chi connectivity index (χ3v) is 2.93. The van der Waals surface area contributed by atoms with Gasteiger partial charge in [-0.25, -0.2) is 4.98 Å². The maximum Gasteiger partial charge on any atom is 0.140 e. The number of rotatable bonds is 2. The quantitative estimate of drug-likeness (QED) is 0.720. The van der Waals surface area contributed by atoms with E-state index in [9.17, 15) is 0 Å². The van der Waals surface area contributed by atoms with Gasteiger partial charge in [-0.05, 0) is 36.2 Å². The van der Waals surface area contributed by atoms with Gasteiger partial charge in [0.15, 0.2) is 0 Å². The lowest BCUT2D eigenvalue weighted by Crippen LogP contribution is -1.95. The van der Waals surface area contributed by atoms with Crippen molar-refractivity contribution in [1.82, 2.24) is 15.0 Å². The Labute approximate surface area is 105 Å². The van der Waals surface area contributed by atoms with Gasteiger partial charge >= 0.3 is 0 Å². The molecule has 0 amide bonds. The lowest BCUT2D eigenvalue weighted by atomic mass is 10.2. The summed E-state index contributed by atoms with van der Waals surface area (Å²) in [6.07, 6.45) is 3.65. The second-order valence-corrected chi connectivity index (χ2v) is 4.39. The van der Waals surface area contributed by atoms with Crippen molar-refractivity contribution in [3.05, 3.63) is 47.8 Å². The van der Waals surface area contributed by atoms with E-state index in [0.29, 0.717) is 6.54 Å². The van der Waals surface area contributed by atoms with Crippen LogP contribution in [0, 0.1) is 6.92 Å². The molecule has 0 fully saturated rings. The molecule has 0 aliphatic rings. The van der Waals surface area contributed by atoms with Crippen molar-refractivity contribution in [2.75, 3.05) is 0 Å². The molecule has 0 radical (unpaired) electrons. The molecule has 1 aromatic carbocycles. The molecule has 0 unspecified atom stereocenters. The number of H-pyrrole nitrogens is 1. The standard InChI is InChI=1S/C14H14N4/c1-9-4-11(8-16-7-9)14-17-12-3-2-10(6-15)5-13(12)18-14/h2-5,7-8H,6,15H2,1H3,(H,17,18). The summed E-state index contributed by atoms with van der Waals surface area (Å²) in [7, 11) is 0. The van der Waals surface area contributed by atoms with E-state index in [-0.39, 0.29) is 0 Å². The van der Waals surface area contributed by atoms with Gasteiger partial charge in [-0.15, -0.1) is 0 Å². The lowest BCUT2D eigenvalue weighted by molar-refractivity contribution is 1.07. The fourth-order valence-corrected chi connectivity index (χ4v) is 2.00. The van der Waals surface area contributed by atoms with Crippen LogP contribution >= 0.6 is 0 Å². The van der Waals surface area contributed by atoms with E-state index in [1.807, 2.05) is 37.5 Å². The third-order valence-electron chi connectivity index (χ3n) is 2.93. The summed E-state index contributed by atoms with van der Waals surface area (Å²) in [6, 6.07) is 8.09. The number of nitrogens with zero attached hydrogens (tertiary/aromatic N) is 2. The fraction of sp³-hybridized carbons (Fsp3) is 0.143. The molecule has 3 rings (SSSR count). The number of aryl methyl sites for hydroxylation is 1.